The quantitative estimate of drug-likeness (QED) is 0.899. The molecule has 21 heavy (non-hydrogen) atoms. The van der Waals surface area contributed by atoms with Crippen molar-refractivity contribution in [3.8, 4) is 5.75 Å². The van der Waals surface area contributed by atoms with Crippen molar-refractivity contribution in [1.29, 1.82) is 0 Å². The number of nitrogens with one attached hydrogen (secondary N) is 2. The normalized spacial score (nSPS) is 10.1. The summed E-state index contributed by atoms with van der Waals surface area (Å²) in [5.74, 6) is 0.665. The van der Waals surface area contributed by atoms with E-state index in [0.29, 0.717) is 22.3 Å². The standard InChI is InChI=1S/C14H13Cl2N3O2/c1-17-12-6-4-9(15)13(19-12)14(20)18-8-3-5-11(21-2)10(16)7-8/h3-7H,1-2H3,(H,17,19)(H,18,20). The lowest BCUT2D eigenvalue weighted by molar-refractivity contribution is 0.102. The maximum Gasteiger partial charge on any atom is 0.275 e. The van der Waals surface area contributed by atoms with Crippen molar-refractivity contribution < 1.29 is 9.53 Å². The first kappa shape index (κ1) is 15.4. The average Bonchev–Trinajstić information content (AvgIpc) is 2.48. The number of pyridine rings is 1. The zero-order chi connectivity index (χ0) is 15.4. The molecule has 1 heterocycles. The molecular formula is C14H13Cl2N3O2. The molecule has 1 aromatic carbocycles. The third-order valence-electron chi connectivity index (χ3n) is 2.73. The highest BCUT2D eigenvalue weighted by Gasteiger charge is 2.14. The van der Waals surface area contributed by atoms with E-state index in [4.69, 9.17) is 27.9 Å². The summed E-state index contributed by atoms with van der Waals surface area (Å²) in [4.78, 5) is 16.3. The summed E-state index contributed by atoms with van der Waals surface area (Å²) < 4.78 is 5.05. The van der Waals surface area contributed by atoms with Gasteiger partial charge in [0.05, 0.1) is 17.2 Å². The van der Waals surface area contributed by atoms with Crippen LogP contribution in [0.25, 0.3) is 0 Å². The van der Waals surface area contributed by atoms with Gasteiger partial charge in [-0.3, -0.25) is 4.79 Å². The average molecular weight is 326 g/mol. The Labute approximate surface area is 132 Å². The minimum absolute atomic E-state index is 0.135. The maximum atomic E-state index is 12.2. The van der Waals surface area contributed by atoms with Crippen molar-refractivity contribution in [2.75, 3.05) is 24.8 Å². The molecule has 0 fully saturated rings. The molecule has 0 spiro atoms. The van der Waals surface area contributed by atoms with E-state index >= 15 is 0 Å². The van der Waals surface area contributed by atoms with E-state index in [2.05, 4.69) is 15.6 Å². The molecule has 2 aromatic rings. The molecule has 5 nitrogen and oxygen atoms in total. The Morgan fingerprint density at radius 2 is 1.95 bits per heavy atom. The summed E-state index contributed by atoms with van der Waals surface area (Å²) in [7, 11) is 3.23. The van der Waals surface area contributed by atoms with Gasteiger partial charge in [-0.1, -0.05) is 23.2 Å². The molecule has 0 aliphatic rings. The predicted molar refractivity (Wildman–Crippen MR) is 84.8 cm³/mol. The van der Waals surface area contributed by atoms with E-state index in [1.807, 2.05) is 0 Å². The van der Waals surface area contributed by atoms with Crippen LogP contribution in [0.5, 0.6) is 5.75 Å². The molecule has 0 saturated carbocycles. The summed E-state index contributed by atoms with van der Waals surface area (Å²) in [6.07, 6.45) is 0. The number of aromatic nitrogens is 1. The number of benzene rings is 1. The first-order valence-electron chi connectivity index (χ1n) is 6.04. The molecule has 0 bridgehead atoms. The van der Waals surface area contributed by atoms with Crippen molar-refractivity contribution in [3.05, 3.63) is 46.1 Å². The molecule has 0 aliphatic heterocycles. The van der Waals surface area contributed by atoms with Crippen LogP contribution in [0.4, 0.5) is 11.5 Å². The number of halogens is 2. The molecule has 110 valence electrons. The van der Waals surface area contributed by atoms with E-state index in [0.717, 1.165) is 0 Å². The lowest BCUT2D eigenvalue weighted by Crippen LogP contribution is -2.15. The van der Waals surface area contributed by atoms with Gasteiger partial charge in [0.2, 0.25) is 0 Å². The molecule has 0 unspecified atom stereocenters. The molecule has 0 radical (unpaired) electrons. The summed E-state index contributed by atoms with van der Waals surface area (Å²) in [5.41, 5.74) is 0.661. The molecule has 2 rings (SSSR count). The van der Waals surface area contributed by atoms with Crippen LogP contribution < -0.4 is 15.4 Å². The predicted octanol–water partition coefficient (Wildman–Crippen LogP) is 3.69. The SMILES string of the molecule is CNc1ccc(Cl)c(C(=O)Nc2ccc(OC)c(Cl)c2)n1. The fraction of sp³-hybridized carbons (Fsp3) is 0.143. The number of ether oxygens (including phenoxy) is 1. The molecule has 2 N–H and O–H groups in total. The van der Waals surface area contributed by atoms with E-state index in [-0.39, 0.29) is 10.7 Å². The van der Waals surface area contributed by atoms with Gasteiger partial charge in [-0.05, 0) is 30.3 Å². The zero-order valence-electron chi connectivity index (χ0n) is 11.4. The van der Waals surface area contributed by atoms with Crippen molar-refractivity contribution in [2.45, 2.75) is 0 Å². The van der Waals surface area contributed by atoms with Crippen LogP contribution >= 0.6 is 23.2 Å². The smallest absolute Gasteiger partial charge is 0.275 e. The van der Waals surface area contributed by atoms with Gasteiger partial charge in [-0.25, -0.2) is 4.98 Å². The maximum absolute atomic E-state index is 12.2. The lowest BCUT2D eigenvalue weighted by Gasteiger charge is -2.09. The Morgan fingerprint density at radius 3 is 2.57 bits per heavy atom. The Bertz CT molecular complexity index is 677. The number of hydrogen-bond donors (Lipinski definition) is 2. The monoisotopic (exact) mass is 325 g/mol. The van der Waals surface area contributed by atoms with Crippen LogP contribution in [-0.4, -0.2) is 25.0 Å². The zero-order valence-corrected chi connectivity index (χ0v) is 12.9. The second kappa shape index (κ2) is 6.65. The van der Waals surface area contributed by atoms with Crippen LogP contribution in [-0.2, 0) is 0 Å². The Balaban J connectivity index is 2.23. The number of nitrogens with zero attached hydrogens (tertiary/aromatic N) is 1. The highest BCUT2D eigenvalue weighted by Crippen LogP contribution is 2.27. The Kier molecular flexibility index (Phi) is 4.88. The second-order valence-corrected chi connectivity index (χ2v) is 4.89. The number of methoxy groups -OCH3 is 1. The van der Waals surface area contributed by atoms with Crippen molar-refractivity contribution in [3.63, 3.8) is 0 Å². The van der Waals surface area contributed by atoms with Gasteiger partial charge < -0.3 is 15.4 Å². The van der Waals surface area contributed by atoms with E-state index in [1.165, 1.54) is 7.11 Å². The van der Waals surface area contributed by atoms with Crippen LogP contribution in [0, 0.1) is 0 Å². The summed E-state index contributed by atoms with van der Waals surface area (Å²) >= 11 is 12.0. The third-order valence-corrected chi connectivity index (χ3v) is 3.33. The van der Waals surface area contributed by atoms with Gasteiger partial charge in [0, 0.05) is 12.7 Å². The molecule has 0 saturated heterocycles. The minimum Gasteiger partial charge on any atom is -0.495 e. The van der Waals surface area contributed by atoms with Gasteiger partial charge in [-0.2, -0.15) is 0 Å². The van der Waals surface area contributed by atoms with Crippen molar-refractivity contribution >= 4 is 40.6 Å². The Hall–Kier alpha value is -1.98. The van der Waals surface area contributed by atoms with Crippen molar-refractivity contribution in [1.82, 2.24) is 4.98 Å². The topological polar surface area (TPSA) is 63.2 Å². The molecule has 7 heteroatoms. The third kappa shape index (κ3) is 3.56. The first-order valence-corrected chi connectivity index (χ1v) is 6.80. The summed E-state index contributed by atoms with van der Waals surface area (Å²) in [6, 6.07) is 8.23. The van der Waals surface area contributed by atoms with Crippen LogP contribution in [0.1, 0.15) is 10.5 Å². The molecular weight excluding hydrogens is 313 g/mol. The van der Waals surface area contributed by atoms with E-state index < -0.39 is 5.91 Å². The van der Waals surface area contributed by atoms with E-state index in [9.17, 15) is 4.79 Å². The highest BCUT2D eigenvalue weighted by atomic mass is 35.5. The summed E-state index contributed by atoms with van der Waals surface area (Å²) in [5, 5.41) is 6.21. The number of carbonyl (C=O) groups is 1. The minimum atomic E-state index is -0.418. The number of hydrogen-bond acceptors (Lipinski definition) is 4. The fourth-order valence-corrected chi connectivity index (χ4v) is 2.12. The molecule has 0 atom stereocenters. The van der Waals surface area contributed by atoms with Gasteiger partial charge in [0.15, 0.2) is 0 Å². The van der Waals surface area contributed by atoms with Gasteiger partial charge in [0.25, 0.3) is 5.91 Å². The first-order chi connectivity index (χ1) is 10.0. The molecule has 1 amide bonds. The van der Waals surface area contributed by atoms with Crippen LogP contribution in [0.2, 0.25) is 10.0 Å². The molecule has 1 aromatic heterocycles. The van der Waals surface area contributed by atoms with Gasteiger partial charge >= 0.3 is 0 Å². The molecule has 0 aliphatic carbocycles. The van der Waals surface area contributed by atoms with Crippen LogP contribution in [0.15, 0.2) is 30.3 Å². The number of anilines is 2. The van der Waals surface area contributed by atoms with E-state index in [1.54, 1.807) is 37.4 Å². The fourth-order valence-electron chi connectivity index (χ4n) is 1.68. The number of amides is 1. The van der Waals surface area contributed by atoms with Crippen molar-refractivity contribution in [2.24, 2.45) is 0 Å². The van der Waals surface area contributed by atoms with Crippen LogP contribution in [0.3, 0.4) is 0 Å². The number of carbonyl (C=O) groups excluding carboxylic acids is 1. The number of rotatable bonds is 4. The Morgan fingerprint density at radius 1 is 1.19 bits per heavy atom. The summed E-state index contributed by atoms with van der Waals surface area (Å²) in [6.45, 7) is 0. The lowest BCUT2D eigenvalue weighted by atomic mass is 10.2. The van der Waals surface area contributed by atoms with Gasteiger partial charge in [-0.15, -0.1) is 0 Å². The second-order valence-electron chi connectivity index (χ2n) is 4.08. The van der Waals surface area contributed by atoms with Gasteiger partial charge in [0.1, 0.15) is 17.3 Å². The highest BCUT2D eigenvalue weighted by molar-refractivity contribution is 6.34. The largest absolute Gasteiger partial charge is 0.495 e.